The highest BCUT2D eigenvalue weighted by Crippen LogP contribution is 2.37. The van der Waals surface area contributed by atoms with Crippen molar-refractivity contribution in [3.05, 3.63) is 53.2 Å². The molecule has 1 N–H and O–H groups in total. The van der Waals surface area contributed by atoms with Crippen LogP contribution in [-0.4, -0.2) is 11.7 Å². The molecular weight excluding hydrogens is 289 g/mol. The number of furan rings is 1. The van der Waals surface area contributed by atoms with E-state index in [9.17, 15) is 9.18 Å². The van der Waals surface area contributed by atoms with Gasteiger partial charge in [0.15, 0.2) is 5.76 Å². The summed E-state index contributed by atoms with van der Waals surface area (Å²) in [4.78, 5) is 12.9. The maximum Gasteiger partial charge on any atom is 0.287 e. The normalized spacial score (nSPS) is 17.3. The van der Waals surface area contributed by atoms with Crippen molar-refractivity contribution >= 4 is 17.7 Å². The Kier molecular flexibility index (Phi) is 4.01. The molecule has 0 spiro atoms. The van der Waals surface area contributed by atoms with Gasteiger partial charge in [-0.05, 0) is 30.2 Å². The molecule has 1 aromatic carbocycles. The first-order valence-corrected chi connectivity index (χ1v) is 7.98. The smallest absolute Gasteiger partial charge is 0.287 e. The standard InChI is InChI=1S/C16H16FNO2S/c1-2-10-6-7-14(20-10)16(19)18-13-8-9-21-15-11(13)4-3-5-12(15)17/h3-7,13H,2,8-9H2,1H3,(H,18,19). The number of hydrogen-bond donors (Lipinski definition) is 1. The van der Waals surface area contributed by atoms with Crippen LogP contribution < -0.4 is 5.32 Å². The van der Waals surface area contributed by atoms with Gasteiger partial charge in [-0.1, -0.05) is 19.1 Å². The van der Waals surface area contributed by atoms with Crippen molar-refractivity contribution in [1.82, 2.24) is 5.32 Å². The molecule has 3 nitrogen and oxygen atoms in total. The topological polar surface area (TPSA) is 42.2 Å². The predicted molar refractivity (Wildman–Crippen MR) is 80.0 cm³/mol. The number of halogens is 1. The summed E-state index contributed by atoms with van der Waals surface area (Å²) in [6.07, 6.45) is 1.54. The Bertz CT molecular complexity index is 668. The molecule has 1 aliphatic heterocycles. The monoisotopic (exact) mass is 305 g/mol. The van der Waals surface area contributed by atoms with Gasteiger partial charge in [-0.25, -0.2) is 4.39 Å². The van der Waals surface area contributed by atoms with E-state index in [1.54, 1.807) is 18.2 Å². The Hall–Kier alpha value is -1.75. The average Bonchev–Trinajstić information content (AvgIpc) is 2.97. The van der Waals surface area contributed by atoms with Crippen molar-refractivity contribution < 1.29 is 13.6 Å². The van der Waals surface area contributed by atoms with Crippen LogP contribution in [0.4, 0.5) is 4.39 Å². The largest absolute Gasteiger partial charge is 0.456 e. The highest BCUT2D eigenvalue weighted by atomic mass is 32.2. The van der Waals surface area contributed by atoms with Gasteiger partial charge >= 0.3 is 0 Å². The zero-order valence-corrected chi connectivity index (χ0v) is 12.5. The van der Waals surface area contributed by atoms with E-state index in [1.165, 1.54) is 17.8 Å². The first-order chi connectivity index (χ1) is 10.2. The van der Waals surface area contributed by atoms with Crippen molar-refractivity contribution in [2.24, 2.45) is 0 Å². The van der Waals surface area contributed by atoms with Crippen LogP contribution in [0.1, 0.15) is 41.3 Å². The molecule has 110 valence electrons. The van der Waals surface area contributed by atoms with E-state index in [2.05, 4.69) is 5.32 Å². The Morgan fingerprint density at radius 2 is 2.29 bits per heavy atom. The highest BCUT2D eigenvalue weighted by molar-refractivity contribution is 7.99. The third kappa shape index (κ3) is 2.83. The number of benzene rings is 1. The third-order valence-electron chi connectivity index (χ3n) is 3.57. The maximum absolute atomic E-state index is 13.8. The number of nitrogens with one attached hydrogen (secondary N) is 1. The Morgan fingerprint density at radius 3 is 3.05 bits per heavy atom. The molecule has 5 heteroatoms. The van der Waals surface area contributed by atoms with Gasteiger partial charge in [-0.2, -0.15) is 0 Å². The summed E-state index contributed by atoms with van der Waals surface area (Å²) in [7, 11) is 0. The van der Waals surface area contributed by atoms with E-state index in [-0.39, 0.29) is 17.8 Å². The van der Waals surface area contributed by atoms with Gasteiger partial charge in [0.2, 0.25) is 0 Å². The summed E-state index contributed by atoms with van der Waals surface area (Å²) in [5, 5.41) is 2.94. The average molecular weight is 305 g/mol. The molecule has 0 fully saturated rings. The second-order valence-corrected chi connectivity index (χ2v) is 6.05. The van der Waals surface area contributed by atoms with Crippen molar-refractivity contribution in [3.63, 3.8) is 0 Å². The maximum atomic E-state index is 13.8. The summed E-state index contributed by atoms with van der Waals surface area (Å²) in [6, 6.07) is 8.32. The SMILES string of the molecule is CCc1ccc(C(=O)NC2CCSc3c(F)cccc32)o1. The molecule has 21 heavy (non-hydrogen) atoms. The van der Waals surface area contributed by atoms with Crippen molar-refractivity contribution in [3.8, 4) is 0 Å². The van der Waals surface area contributed by atoms with Crippen LogP contribution in [-0.2, 0) is 6.42 Å². The van der Waals surface area contributed by atoms with E-state index in [4.69, 9.17) is 4.42 Å². The molecular formula is C16H16FNO2S. The fourth-order valence-corrected chi connectivity index (χ4v) is 3.60. The van der Waals surface area contributed by atoms with Gasteiger partial charge in [-0.3, -0.25) is 4.79 Å². The van der Waals surface area contributed by atoms with Gasteiger partial charge in [0.05, 0.1) is 6.04 Å². The molecule has 1 aromatic heterocycles. The predicted octanol–water partition coefficient (Wildman–Crippen LogP) is 3.95. The minimum atomic E-state index is -0.248. The third-order valence-corrected chi connectivity index (χ3v) is 4.72. The molecule has 0 radical (unpaired) electrons. The van der Waals surface area contributed by atoms with Gasteiger partial charge in [0.25, 0.3) is 5.91 Å². The van der Waals surface area contributed by atoms with E-state index < -0.39 is 0 Å². The molecule has 1 atom stereocenters. The highest BCUT2D eigenvalue weighted by Gasteiger charge is 2.25. The summed E-state index contributed by atoms with van der Waals surface area (Å²) in [5.41, 5.74) is 0.849. The lowest BCUT2D eigenvalue weighted by molar-refractivity contribution is 0.0905. The van der Waals surface area contributed by atoms with Gasteiger partial charge < -0.3 is 9.73 Å². The summed E-state index contributed by atoms with van der Waals surface area (Å²) < 4.78 is 19.3. The second-order valence-electron chi connectivity index (χ2n) is 4.94. The minimum Gasteiger partial charge on any atom is -0.456 e. The number of thioether (sulfide) groups is 1. The summed E-state index contributed by atoms with van der Waals surface area (Å²) >= 11 is 1.50. The van der Waals surface area contributed by atoms with E-state index in [0.29, 0.717) is 10.7 Å². The lowest BCUT2D eigenvalue weighted by Gasteiger charge is -2.25. The Balaban J connectivity index is 1.80. The summed E-state index contributed by atoms with van der Waals surface area (Å²) in [6.45, 7) is 1.97. The Labute approximate surface area is 126 Å². The van der Waals surface area contributed by atoms with Crippen LogP contribution in [0.5, 0.6) is 0 Å². The number of carbonyl (C=O) groups is 1. The molecule has 0 saturated carbocycles. The van der Waals surface area contributed by atoms with Crippen LogP contribution in [0, 0.1) is 5.82 Å². The summed E-state index contributed by atoms with van der Waals surface area (Å²) in [5.74, 6) is 1.41. The molecule has 2 heterocycles. The lowest BCUT2D eigenvalue weighted by atomic mass is 10.0. The lowest BCUT2D eigenvalue weighted by Crippen LogP contribution is -2.30. The molecule has 0 saturated heterocycles. The minimum absolute atomic E-state index is 0.167. The zero-order chi connectivity index (χ0) is 14.8. The van der Waals surface area contributed by atoms with Crippen molar-refractivity contribution in [1.29, 1.82) is 0 Å². The van der Waals surface area contributed by atoms with Crippen LogP contribution in [0.3, 0.4) is 0 Å². The number of amides is 1. The van der Waals surface area contributed by atoms with Crippen LogP contribution in [0.15, 0.2) is 39.6 Å². The second kappa shape index (κ2) is 5.93. The van der Waals surface area contributed by atoms with E-state index in [0.717, 1.165) is 29.9 Å². The Morgan fingerprint density at radius 1 is 1.43 bits per heavy atom. The molecule has 0 aliphatic carbocycles. The van der Waals surface area contributed by atoms with Gasteiger partial charge in [0, 0.05) is 17.1 Å². The number of fused-ring (bicyclic) bond motifs is 1. The van der Waals surface area contributed by atoms with Crippen LogP contribution in [0.2, 0.25) is 0 Å². The van der Waals surface area contributed by atoms with E-state index >= 15 is 0 Å². The molecule has 1 unspecified atom stereocenters. The first-order valence-electron chi connectivity index (χ1n) is 7.00. The number of carbonyl (C=O) groups excluding carboxylic acids is 1. The fraction of sp³-hybridized carbons (Fsp3) is 0.312. The molecule has 0 bridgehead atoms. The quantitative estimate of drug-likeness (QED) is 0.933. The molecule has 1 amide bonds. The van der Waals surface area contributed by atoms with Crippen LogP contribution >= 0.6 is 11.8 Å². The van der Waals surface area contributed by atoms with Crippen molar-refractivity contribution in [2.45, 2.75) is 30.7 Å². The first kappa shape index (κ1) is 14.2. The number of aryl methyl sites for hydroxylation is 1. The van der Waals surface area contributed by atoms with Gasteiger partial charge in [0.1, 0.15) is 11.6 Å². The van der Waals surface area contributed by atoms with Crippen molar-refractivity contribution in [2.75, 3.05) is 5.75 Å². The van der Waals surface area contributed by atoms with Crippen LogP contribution in [0.25, 0.3) is 0 Å². The molecule has 1 aliphatic rings. The van der Waals surface area contributed by atoms with Gasteiger partial charge in [-0.15, -0.1) is 11.8 Å². The molecule has 2 aromatic rings. The zero-order valence-electron chi connectivity index (χ0n) is 11.7. The molecule has 3 rings (SSSR count). The van der Waals surface area contributed by atoms with E-state index in [1.807, 2.05) is 13.0 Å². The fourth-order valence-electron chi connectivity index (χ4n) is 2.46. The number of rotatable bonds is 3. The number of hydrogen-bond acceptors (Lipinski definition) is 3.